The van der Waals surface area contributed by atoms with E-state index in [1.54, 1.807) is 16.9 Å². The maximum Gasteiger partial charge on any atom is 0.312 e. The smallest absolute Gasteiger partial charge is 0.312 e. The molecule has 2 rings (SSSR count). The number of unbranched alkanes of at least 4 members (excludes halogenated alkanes) is 3. The van der Waals surface area contributed by atoms with E-state index in [2.05, 4.69) is 6.92 Å². The van der Waals surface area contributed by atoms with Crippen molar-refractivity contribution in [1.29, 1.82) is 0 Å². The van der Waals surface area contributed by atoms with Crippen LogP contribution in [-0.2, 0) is 16.1 Å². The van der Waals surface area contributed by atoms with E-state index in [4.69, 9.17) is 4.74 Å². The van der Waals surface area contributed by atoms with Crippen LogP contribution >= 0.6 is 0 Å². The lowest BCUT2D eigenvalue weighted by atomic mass is 10.1. The SMILES string of the molecule is CCCCCCN1CCN(Cc2ccccc2OC)C(=O)C1=O. The van der Waals surface area contributed by atoms with Crippen LogP contribution in [0.5, 0.6) is 5.75 Å². The van der Waals surface area contributed by atoms with Crippen LogP contribution in [0.2, 0.25) is 0 Å². The summed E-state index contributed by atoms with van der Waals surface area (Å²) < 4.78 is 5.31. The molecule has 0 aliphatic carbocycles. The minimum atomic E-state index is -0.405. The van der Waals surface area contributed by atoms with Crippen molar-refractivity contribution in [3.05, 3.63) is 29.8 Å². The van der Waals surface area contributed by atoms with E-state index in [1.165, 1.54) is 12.8 Å². The molecule has 0 unspecified atom stereocenters. The molecular weight excluding hydrogens is 292 g/mol. The summed E-state index contributed by atoms with van der Waals surface area (Å²) in [5, 5.41) is 0. The van der Waals surface area contributed by atoms with Crippen molar-refractivity contribution >= 4 is 11.8 Å². The fourth-order valence-corrected chi connectivity index (χ4v) is 2.85. The number of amides is 2. The number of hydrogen-bond donors (Lipinski definition) is 0. The molecule has 0 spiro atoms. The van der Waals surface area contributed by atoms with E-state index in [1.807, 2.05) is 24.3 Å². The van der Waals surface area contributed by atoms with Crippen LogP contribution in [0.3, 0.4) is 0 Å². The zero-order chi connectivity index (χ0) is 16.7. The third-order valence-corrected chi connectivity index (χ3v) is 4.23. The second kappa shape index (κ2) is 8.56. The predicted octanol–water partition coefficient (Wildman–Crippen LogP) is 2.45. The van der Waals surface area contributed by atoms with Gasteiger partial charge in [0, 0.05) is 31.7 Å². The van der Waals surface area contributed by atoms with E-state index in [9.17, 15) is 9.59 Å². The second-order valence-electron chi connectivity index (χ2n) is 5.89. The van der Waals surface area contributed by atoms with Crippen molar-refractivity contribution in [2.75, 3.05) is 26.7 Å². The van der Waals surface area contributed by atoms with Gasteiger partial charge in [-0.2, -0.15) is 0 Å². The van der Waals surface area contributed by atoms with Gasteiger partial charge in [0.25, 0.3) is 0 Å². The fraction of sp³-hybridized carbons (Fsp3) is 0.556. The average Bonchev–Trinajstić information content (AvgIpc) is 2.58. The number of carbonyl (C=O) groups is 2. The van der Waals surface area contributed by atoms with Gasteiger partial charge in [-0.25, -0.2) is 0 Å². The Morgan fingerprint density at radius 3 is 2.43 bits per heavy atom. The lowest BCUT2D eigenvalue weighted by molar-refractivity contribution is -0.156. The zero-order valence-electron chi connectivity index (χ0n) is 14.1. The molecule has 0 atom stereocenters. The molecule has 23 heavy (non-hydrogen) atoms. The largest absolute Gasteiger partial charge is 0.496 e. The van der Waals surface area contributed by atoms with Gasteiger partial charge in [-0.15, -0.1) is 0 Å². The van der Waals surface area contributed by atoms with E-state index >= 15 is 0 Å². The Morgan fingerprint density at radius 2 is 1.70 bits per heavy atom. The average molecular weight is 318 g/mol. The van der Waals surface area contributed by atoms with Gasteiger partial charge in [-0.05, 0) is 12.5 Å². The molecule has 5 nitrogen and oxygen atoms in total. The van der Waals surface area contributed by atoms with E-state index < -0.39 is 5.91 Å². The second-order valence-corrected chi connectivity index (χ2v) is 5.89. The minimum Gasteiger partial charge on any atom is -0.496 e. The van der Waals surface area contributed by atoms with Crippen molar-refractivity contribution in [1.82, 2.24) is 9.80 Å². The first-order chi connectivity index (χ1) is 11.2. The Labute approximate surface area is 138 Å². The fourth-order valence-electron chi connectivity index (χ4n) is 2.85. The third-order valence-electron chi connectivity index (χ3n) is 4.23. The number of carbonyl (C=O) groups excluding carboxylic acids is 2. The Bertz CT molecular complexity index is 545. The summed E-state index contributed by atoms with van der Waals surface area (Å²) in [5.74, 6) is -0.0324. The number of piperazine rings is 1. The van der Waals surface area contributed by atoms with Gasteiger partial charge in [0.1, 0.15) is 5.75 Å². The number of benzene rings is 1. The zero-order valence-corrected chi connectivity index (χ0v) is 14.1. The number of rotatable bonds is 8. The summed E-state index contributed by atoms with van der Waals surface area (Å²) in [4.78, 5) is 27.9. The molecule has 0 N–H and O–H groups in total. The molecule has 0 aromatic heterocycles. The molecule has 1 aromatic carbocycles. The summed E-state index contributed by atoms with van der Waals surface area (Å²) in [7, 11) is 1.61. The number of hydrogen-bond acceptors (Lipinski definition) is 3. The van der Waals surface area contributed by atoms with Gasteiger partial charge in [0.2, 0.25) is 0 Å². The first-order valence-electron chi connectivity index (χ1n) is 8.37. The van der Waals surface area contributed by atoms with Gasteiger partial charge in [0.05, 0.1) is 7.11 Å². The van der Waals surface area contributed by atoms with Crippen LogP contribution in [0.15, 0.2) is 24.3 Å². The van der Waals surface area contributed by atoms with Crippen LogP contribution in [0, 0.1) is 0 Å². The number of nitrogens with zero attached hydrogens (tertiary/aromatic N) is 2. The van der Waals surface area contributed by atoms with Gasteiger partial charge >= 0.3 is 11.8 Å². The Morgan fingerprint density at radius 1 is 1.00 bits per heavy atom. The molecule has 0 saturated carbocycles. The van der Waals surface area contributed by atoms with Gasteiger partial charge in [0.15, 0.2) is 0 Å². The highest BCUT2D eigenvalue weighted by Crippen LogP contribution is 2.20. The molecule has 0 radical (unpaired) electrons. The van der Waals surface area contributed by atoms with Crippen molar-refractivity contribution < 1.29 is 14.3 Å². The summed E-state index contributed by atoms with van der Waals surface area (Å²) in [6, 6.07) is 7.59. The molecule has 1 aliphatic rings. The van der Waals surface area contributed by atoms with Crippen LogP contribution < -0.4 is 4.74 Å². The molecule has 1 fully saturated rings. The quantitative estimate of drug-likeness (QED) is 0.546. The highest BCUT2D eigenvalue weighted by atomic mass is 16.5. The molecule has 1 saturated heterocycles. The van der Waals surface area contributed by atoms with E-state index in [0.717, 1.165) is 24.2 Å². The third kappa shape index (κ3) is 4.47. The Kier molecular flexibility index (Phi) is 6.44. The van der Waals surface area contributed by atoms with Crippen LogP contribution in [-0.4, -0.2) is 48.4 Å². The number of ether oxygens (including phenoxy) is 1. The molecule has 1 aliphatic heterocycles. The Hall–Kier alpha value is -2.04. The first-order valence-corrected chi connectivity index (χ1v) is 8.37. The first kappa shape index (κ1) is 17.3. The van der Waals surface area contributed by atoms with Crippen LogP contribution in [0.1, 0.15) is 38.2 Å². The number of para-hydroxylation sites is 1. The summed E-state index contributed by atoms with van der Waals surface area (Å²) in [6.45, 7) is 4.46. The molecular formula is C18H26N2O3. The molecule has 126 valence electrons. The van der Waals surface area contributed by atoms with Gasteiger partial charge in [-0.1, -0.05) is 44.4 Å². The normalized spacial score (nSPS) is 15.2. The molecule has 0 bridgehead atoms. The van der Waals surface area contributed by atoms with Crippen LogP contribution in [0.4, 0.5) is 0 Å². The molecule has 1 heterocycles. The standard InChI is InChI=1S/C18H26N2O3/c1-3-4-5-8-11-19-12-13-20(18(22)17(19)21)14-15-9-6-7-10-16(15)23-2/h6-7,9-10H,3-5,8,11-14H2,1-2H3. The van der Waals surface area contributed by atoms with Crippen LogP contribution in [0.25, 0.3) is 0 Å². The topological polar surface area (TPSA) is 49.9 Å². The monoisotopic (exact) mass is 318 g/mol. The summed E-state index contributed by atoms with van der Waals surface area (Å²) >= 11 is 0. The number of methoxy groups -OCH3 is 1. The van der Waals surface area contributed by atoms with E-state index in [-0.39, 0.29) is 5.91 Å². The molecule has 2 amide bonds. The summed E-state index contributed by atoms with van der Waals surface area (Å²) in [6.07, 6.45) is 4.42. The highest BCUT2D eigenvalue weighted by Gasteiger charge is 2.32. The molecule has 1 aromatic rings. The van der Waals surface area contributed by atoms with Gasteiger partial charge < -0.3 is 14.5 Å². The Balaban J connectivity index is 1.92. The highest BCUT2D eigenvalue weighted by molar-refractivity contribution is 6.35. The van der Waals surface area contributed by atoms with Crippen molar-refractivity contribution in [2.24, 2.45) is 0 Å². The maximum absolute atomic E-state index is 12.3. The van der Waals surface area contributed by atoms with Gasteiger partial charge in [-0.3, -0.25) is 9.59 Å². The maximum atomic E-state index is 12.3. The predicted molar refractivity (Wildman–Crippen MR) is 89.1 cm³/mol. The summed E-state index contributed by atoms with van der Waals surface area (Å²) in [5.41, 5.74) is 0.924. The van der Waals surface area contributed by atoms with Crippen molar-refractivity contribution in [3.63, 3.8) is 0 Å². The molecule has 5 heteroatoms. The van der Waals surface area contributed by atoms with Crippen molar-refractivity contribution in [3.8, 4) is 5.75 Å². The lowest BCUT2D eigenvalue weighted by Gasteiger charge is -2.34. The minimum absolute atomic E-state index is 0.373. The van der Waals surface area contributed by atoms with E-state index in [0.29, 0.717) is 26.2 Å². The van der Waals surface area contributed by atoms with Crippen molar-refractivity contribution in [2.45, 2.75) is 39.2 Å². The lowest BCUT2D eigenvalue weighted by Crippen LogP contribution is -2.54.